The van der Waals surface area contributed by atoms with Crippen LogP contribution >= 0.6 is 0 Å². The Labute approximate surface area is 182 Å². The highest BCUT2D eigenvalue weighted by atomic mass is 16.2. The molecule has 9 nitrogen and oxygen atoms in total. The number of fused-ring (bicyclic) bond motifs is 3. The summed E-state index contributed by atoms with van der Waals surface area (Å²) in [6.45, 7) is 7.27. The number of hydrogen-bond donors (Lipinski definition) is 1. The molecule has 3 aliphatic rings. The van der Waals surface area contributed by atoms with Crippen LogP contribution < -0.4 is 15.1 Å². The quantitative estimate of drug-likeness (QED) is 0.783. The van der Waals surface area contributed by atoms with Crippen molar-refractivity contribution in [2.24, 2.45) is 5.92 Å². The molecule has 0 unspecified atom stereocenters. The van der Waals surface area contributed by atoms with Crippen LogP contribution in [-0.2, 0) is 0 Å². The number of piperidine rings is 1. The number of nitrogens with one attached hydrogen (secondary N) is 1. The van der Waals surface area contributed by atoms with Crippen LogP contribution in [-0.4, -0.2) is 76.1 Å². The van der Waals surface area contributed by atoms with E-state index in [1.54, 1.807) is 12.5 Å². The maximum atomic E-state index is 13.5. The Morgan fingerprint density at radius 1 is 1.10 bits per heavy atom. The van der Waals surface area contributed by atoms with Crippen LogP contribution in [0.4, 0.5) is 17.5 Å². The van der Waals surface area contributed by atoms with Gasteiger partial charge < -0.3 is 20.0 Å². The number of carbonyl (C=O) groups excluding carboxylic acids is 1. The molecular weight excluding hydrogens is 392 g/mol. The molecule has 0 saturated carbocycles. The number of carbonyl (C=O) groups is 1. The van der Waals surface area contributed by atoms with E-state index in [2.05, 4.69) is 35.0 Å². The first kappa shape index (κ1) is 20.0. The minimum Gasteiger partial charge on any atom is -0.369 e. The monoisotopic (exact) mass is 422 g/mol. The van der Waals surface area contributed by atoms with Gasteiger partial charge in [-0.3, -0.25) is 4.79 Å². The topological polar surface area (TPSA) is 90.4 Å². The average Bonchev–Trinajstić information content (AvgIpc) is 3.24. The normalized spacial score (nSPS) is 21.6. The van der Waals surface area contributed by atoms with Gasteiger partial charge in [-0.1, -0.05) is 0 Å². The molecule has 9 heteroatoms. The van der Waals surface area contributed by atoms with Crippen molar-refractivity contribution in [3.8, 4) is 0 Å². The number of amides is 1. The lowest BCUT2D eigenvalue weighted by molar-refractivity contribution is 0.0716. The molecule has 2 fully saturated rings. The lowest BCUT2D eigenvalue weighted by Crippen LogP contribution is -2.44. The van der Waals surface area contributed by atoms with Gasteiger partial charge in [-0.2, -0.15) is 4.98 Å². The zero-order chi connectivity index (χ0) is 21.2. The summed E-state index contributed by atoms with van der Waals surface area (Å²) in [4.78, 5) is 37.6. The average molecular weight is 423 g/mol. The summed E-state index contributed by atoms with van der Waals surface area (Å²) in [5.74, 6) is 1.99. The third-order valence-electron chi connectivity index (χ3n) is 6.71. The summed E-state index contributed by atoms with van der Waals surface area (Å²) in [6.07, 6.45) is 11.4. The summed E-state index contributed by atoms with van der Waals surface area (Å²) >= 11 is 0. The SMILES string of the molecule is CCNc1ncc2c(n1)N1CCC[C@H]1CN(CC1CCN(c3cncnc3)CC1)C2=O. The molecule has 3 aliphatic heterocycles. The first-order valence-corrected chi connectivity index (χ1v) is 11.4. The van der Waals surface area contributed by atoms with Crippen LogP contribution in [0.1, 0.15) is 43.0 Å². The molecule has 2 saturated heterocycles. The van der Waals surface area contributed by atoms with Crippen molar-refractivity contribution in [3.05, 3.63) is 30.5 Å². The predicted molar refractivity (Wildman–Crippen MR) is 119 cm³/mol. The summed E-state index contributed by atoms with van der Waals surface area (Å²) < 4.78 is 0. The Bertz CT molecular complexity index is 915. The van der Waals surface area contributed by atoms with Crippen LogP contribution in [0, 0.1) is 5.92 Å². The summed E-state index contributed by atoms with van der Waals surface area (Å²) in [5.41, 5.74) is 1.72. The zero-order valence-electron chi connectivity index (χ0n) is 18.1. The van der Waals surface area contributed by atoms with E-state index in [0.29, 0.717) is 23.5 Å². The minimum atomic E-state index is 0.0753. The fraction of sp³-hybridized carbons (Fsp3) is 0.591. The van der Waals surface area contributed by atoms with E-state index in [1.807, 2.05) is 19.3 Å². The molecule has 5 rings (SSSR count). The second-order valence-corrected chi connectivity index (χ2v) is 8.69. The molecule has 164 valence electrons. The van der Waals surface area contributed by atoms with Gasteiger partial charge in [0.25, 0.3) is 5.91 Å². The number of hydrogen-bond acceptors (Lipinski definition) is 8. The van der Waals surface area contributed by atoms with E-state index >= 15 is 0 Å². The van der Waals surface area contributed by atoms with Gasteiger partial charge in [0.1, 0.15) is 17.7 Å². The molecule has 1 amide bonds. The molecule has 0 radical (unpaired) electrons. The van der Waals surface area contributed by atoms with Gasteiger partial charge in [0, 0.05) is 51.5 Å². The van der Waals surface area contributed by atoms with Crippen LogP contribution in [0.25, 0.3) is 0 Å². The summed E-state index contributed by atoms with van der Waals surface area (Å²) in [7, 11) is 0. The van der Waals surface area contributed by atoms with Crippen LogP contribution in [0.15, 0.2) is 24.9 Å². The first-order chi connectivity index (χ1) is 15.2. The molecule has 0 aliphatic carbocycles. The van der Waals surface area contributed by atoms with Gasteiger partial charge in [0.05, 0.1) is 18.1 Å². The van der Waals surface area contributed by atoms with Crippen molar-refractivity contribution in [1.29, 1.82) is 0 Å². The van der Waals surface area contributed by atoms with Crippen molar-refractivity contribution < 1.29 is 4.79 Å². The molecule has 1 atom stereocenters. The van der Waals surface area contributed by atoms with Crippen molar-refractivity contribution >= 4 is 23.4 Å². The molecule has 2 aromatic rings. The van der Waals surface area contributed by atoms with Crippen molar-refractivity contribution in [2.75, 3.05) is 54.4 Å². The second kappa shape index (κ2) is 8.64. The molecule has 31 heavy (non-hydrogen) atoms. The van der Waals surface area contributed by atoms with E-state index in [9.17, 15) is 4.79 Å². The zero-order valence-corrected chi connectivity index (χ0v) is 18.1. The highest BCUT2D eigenvalue weighted by Gasteiger charge is 2.37. The molecule has 1 N–H and O–H groups in total. The molecule has 2 aromatic heterocycles. The Morgan fingerprint density at radius 3 is 2.68 bits per heavy atom. The minimum absolute atomic E-state index is 0.0753. The van der Waals surface area contributed by atoms with Gasteiger partial charge in [-0.15, -0.1) is 0 Å². The Morgan fingerprint density at radius 2 is 1.90 bits per heavy atom. The van der Waals surface area contributed by atoms with E-state index in [-0.39, 0.29) is 5.91 Å². The van der Waals surface area contributed by atoms with Gasteiger partial charge in [0.15, 0.2) is 0 Å². The molecule has 0 aromatic carbocycles. The maximum Gasteiger partial charge on any atom is 0.259 e. The largest absolute Gasteiger partial charge is 0.369 e. The Kier molecular flexibility index (Phi) is 5.57. The lowest BCUT2D eigenvalue weighted by Gasteiger charge is -2.36. The Hall–Kier alpha value is -2.97. The number of aromatic nitrogens is 4. The number of nitrogens with zero attached hydrogens (tertiary/aromatic N) is 7. The molecular formula is C22H30N8O. The predicted octanol–water partition coefficient (Wildman–Crippen LogP) is 2.04. The highest BCUT2D eigenvalue weighted by molar-refractivity contribution is 5.99. The van der Waals surface area contributed by atoms with Crippen molar-refractivity contribution in [3.63, 3.8) is 0 Å². The van der Waals surface area contributed by atoms with Crippen LogP contribution in [0.3, 0.4) is 0 Å². The van der Waals surface area contributed by atoms with E-state index in [1.165, 1.54) is 0 Å². The van der Waals surface area contributed by atoms with Gasteiger partial charge in [0.2, 0.25) is 5.95 Å². The van der Waals surface area contributed by atoms with Crippen LogP contribution in [0.2, 0.25) is 0 Å². The van der Waals surface area contributed by atoms with E-state index < -0.39 is 0 Å². The van der Waals surface area contributed by atoms with Gasteiger partial charge in [-0.05, 0) is 38.5 Å². The first-order valence-electron chi connectivity index (χ1n) is 11.4. The second-order valence-electron chi connectivity index (χ2n) is 8.69. The van der Waals surface area contributed by atoms with Crippen LogP contribution in [0.5, 0.6) is 0 Å². The number of anilines is 3. The smallest absolute Gasteiger partial charge is 0.259 e. The Balaban J connectivity index is 1.31. The fourth-order valence-corrected chi connectivity index (χ4v) is 5.10. The van der Waals surface area contributed by atoms with Gasteiger partial charge in [-0.25, -0.2) is 15.0 Å². The van der Waals surface area contributed by atoms with Crippen molar-refractivity contribution in [2.45, 2.75) is 38.6 Å². The fourth-order valence-electron chi connectivity index (χ4n) is 5.10. The standard InChI is InChI=1S/C22H30N8O/c1-2-25-22-26-12-19-20(27-22)30-7-3-4-17(30)14-29(21(19)31)13-16-5-8-28(9-6-16)18-10-23-15-24-11-18/h10-12,15-17H,2-9,13-14H2,1H3,(H,25,26,27)/t17-/m0/s1. The molecule has 0 spiro atoms. The summed E-state index contributed by atoms with van der Waals surface area (Å²) in [6, 6.07) is 0.344. The summed E-state index contributed by atoms with van der Waals surface area (Å²) in [5, 5.41) is 3.18. The molecule has 5 heterocycles. The number of rotatable bonds is 5. The maximum absolute atomic E-state index is 13.5. The lowest BCUT2D eigenvalue weighted by atomic mass is 9.95. The highest BCUT2D eigenvalue weighted by Crippen LogP contribution is 2.33. The third kappa shape index (κ3) is 4.00. The van der Waals surface area contributed by atoms with E-state index in [4.69, 9.17) is 4.98 Å². The van der Waals surface area contributed by atoms with E-state index in [0.717, 1.165) is 76.5 Å². The van der Waals surface area contributed by atoms with Gasteiger partial charge >= 0.3 is 0 Å². The molecule has 0 bridgehead atoms. The third-order valence-corrected chi connectivity index (χ3v) is 6.71. The van der Waals surface area contributed by atoms with Crippen molar-refractivity contribution in [1.82, 2.24) is 24.8 Å².